The molecule has 8 heteroatoms. The van der Waals surface area contributed by atoms with E-state index in [0.29, 0.717) is 28.1 Å². The lowest BCUT2D eigenvalue weighted by Crippen LogP contribution is -2.33. The van der Waals surface area contributed by atoms with E-state index in [-0.39, 0.29) is 18.4 Å². The molecule has 0 radical (unpaired) electrons. The predicted molar refractivity (Wildman–Crippen MR) is 111 cm³/mol. The van der Waals surface area contributed by atoms with Gasteiger partial charge in [0.15, 0.2) is 5.13 Å². The molecule has 6 nitrogen and oxygen atoms in total. The molecule has 2 amide bonds. The highest BCUT2D eigenvalue weighted by Gasteiger charge is 2.14. The summed E-state index contributed by atoms with van der Waals surface area (Å²) in [6.07, 6.45) is 0. The van der Waals surface area contributed by atoms with Crippen LogP contribution in [0.1, 0.15) is 17.3 Å². The van der Waals surface area contributed by atoms with Crippen molar-refractivity contribution in [3.8, 4) is 17.0 Å². The zero-order valence-electron chi connectivity index (χ0n) is 15.1. The third-order valence-electron chi connectivity index (χ3n) is 3.73. The number of hydrogen-bond donors (Lipinski definition) is 2. The lowest BCUT2D eigenvalue weighted by atomic mass is 10.2. The van der Waals surface area contributed by atoms with E-state index in [1.807, 2.05) is 24.4 Å². The van der Waals surface area contributed by atoms with E-state index in [4.69, 9.17) is 16.3 Å². The van der Waals surface area contributed by atoms with Crippen LogP contribution >= 0.6 is 22.9 Å². The summed E-state index contributed by atoms with van der Waals surface area (Å²) in [5.41, 5.74) is 2.03. The molecule has 0 unspecified atom stereocenters. The molecule has 28 heavy (non-hydrogen) atoms. The summed E-state index contributed by atoms with van der Waals surface area (Å²) in [7, 11) is 0. The molecule has 0 bridgehead atoms. The number of carbonyl (C=O) groups is 2. The number of rotatable bonds is 7. The van der Waals surface area contributed by atoms with Gasteiger partial charge < -0.3 is 15.4 Å². The second-order valence-electron chi connectivity index (χ2n) is 5.70. The summed E-state index contributed by atoms with van der Waals surface area (Å²) < 4.78 is 5.43. The zero-order valence-corrected chi connectivity index (χ0v) is 16.6. The third-order valence-corrected chi connectivity index (χ3v) is 4.74. The number of aromatic nitrogens is 1. The minimum Gasteiger partial charge on any atom is -0.493 e. The maximum absolute atomic E-state index is 12.3. The van der Waals surface area contributed by atoms with Gasteiger partial charge in [-0.2, -0.15) is 0 Å². The number of amides is 2. The fraction of sp³-hybridized carbons (Fsp3) is 0.150. The molecule has 1 aromatic heterocycles. The zero-order chi connectivity index (χ0) is 19.9. The van der Waals surface area contributed by atoms with Crippen molar-refractivity contribution in [2.75, 3.05) is 18.5 Å². The Balaban J connectivity index is 1.56. The molecule has 0 saturated carbocycles. The first-order valence-electron chi connectivity index (χ1n) is 8.58. The number of carbonyl (C=O) groups excluding carboxylic acids is 2. The van der Waals surface area contributed by atoms with Crippen molar-refractivity contribution < 1.29 is 14.3 Å². The van der Waals surface area contributed by atoms with Gasteiger partial charge in [0.1, 0.15) is 5.75 Å². The van der Waals surface area contributed by atoms with Gasteiger partial charge in [-0.1, -0.05) is 35.9 Å². The Morgan fingerprint density at radius 2 is 1.89 bits per heavy atom. The number of benzene rings is 2. The van der Waals surface area contributed by atoms with Gasteiger partial charge in [-0.05, 0) is 31.2 Å². The molecule has 2 N–H and O–H groups in total. The van der Waals surface area contributed by atoms with E-state index in [1.54, 1.807) is 36.4 Å². The number of nitrogens with one attached hydrogen (secondary N) is 2. The number of anilines is 1. The van der Waals surface area contributed by atoms with Crippen LogP contribution in [-0.4, -0.2) is 29.9 Å². The second kappa shape index (κ2) is 9.34. The smallest absolute Gasteiger partial charge is 0.255 e. The van der Waals surface area contributed by atoms with Gasteiger partial charge in [0.25, 0.3) is 5.91 Å². The number of thiazole rings is 1. The van der Waals surface area contributed by atoms with Crippen molar-refractivity contribution in [1.29, 1.82) is 0 Å². The molecule has 3 rings (SSSR count). The summed E-state index contributed by atoms with van der Waals surface area (Å²) in [5, 5.41) is 8.23. The molecular formula is C20H18ClN3O3S. The summed E-state index contributed by atoms with van der Waals surface area (Å²) in [4.78, 5) is 28.8. The average molecular weight is 416 g/mol. The van der Waals surface area contributed by atoms with Crippen molar-refractivity contribution in [2.45, 2.75) is 6.92 Å². The van der Waals surface area contributed by atoms with Crippen LogP contribution in [-0.2, 0) is 4.79 Å². The van der Waals surface area contributed by atoms with Crippen LogP contribution < -0.4 is 15.4 Å². The molecular weight excluding hydrogens is 398 g/mol. The van der Waals surface area contributed by atoms with Crippen LogP contribution in [0.3, 0.4) is 0 Å². The van der Waals surface area contributed by atoms with Gasteiger partial charge in [0.05, 0.1) is 24.4 Å². The Morgan fingerprint density at radius 3 is 2.64 bits per heavy atom. The maximum atomic E-state index is 12.3. The highest BCUT2D eigenvalue weighted by molar-refractivity contribution is 7.14. The van der Waals surface area contributed by atoms with Gasteiger partial charge in [-0.3, -0.25) is 9.59 Å². The lowest BCUT2D eigenvalue weighted by Gasteiger charge is -2.10. The Kier molecular flexibility index (Phi) is 6.62. The lowest BCUT2D eigenvalue weighted by molar-refractivity contribution is -0.115. The van der Waals surface area contributed by atoms with Crippen molar-refractivity contribution >= 4 is 39.9 Å². The highest BCUT2D eigenvalue weighted by Crippen LogP contribution is 2.26. The van der Waals surface area contributed by atoms with Crippen molar-refractivity contribution in [3.63, 3.8) is 0 Å². The van der Waals surface area contributed by atoms with Crippen LogP contribution in [0.2, 0.25) is 5.02 Å². The maximum Gasteiger partial charge on any atom is 0.255 e. The number of halogens is 1. The molecule has 3 aromatic rings. The van der Waals surface area contributed by atoms with Crippen LogP contribution in [0.15, 0.2) is 53.9 Å². The summed E-state index contributed by atoms with van der Waals surface area (Å²) in [6.45, 7) is 2.12. The minimum absolute atomic E-state index is 0.171. The van der Waals surface area contributed by atoms with Gasteiger partial charge in [0.2, 0.25) is 5.91 Å². The van der Waals surface area contributed by atoms with Crippen molar-refractivity contribution in [2.24, 2.45) is 0 Å². The molecule has 0 aliphatic heterocycles. The normalized spacial score (nSPS) is 10.4. The van der Waals surface area contributed by atoms with Crippen LogP contribution in [0, 0.1) is 0 Å². The van der Waals surface area contributed by atoms with E-state index in [9.17, 15) is 9.59 Å². The molecule has 0 atom stereocenters. The number of nitrogens with zero attached hydrogens (tertiary/aromatic N) is 1. The van der Waals surface area contributed by atoms with E-state index in [1.165, 1.54) is 11.3 Å². The monoisotopic (exact) mass is 415 g/mol. The predicted octanol–water partition coefficient (Wildman–Crippen LogP) is 4.23. The third kappa shape index (κ3) is 5.09. The Morgan fingerprint density at radius 1 is 1.14 bits per heavy atom. The van der Waals surface area contributed by atoms with E-state index < -0.39 is 0 Å². The average Bonchev–Trinajstić information content (AvgIpc) is 3.16. The van der Waals surface area contributed by atoms with Crippen LogP contribution in [0.5, 0.6) is 5.75 Å². The number of para-hydroxylation sites is 1. The molecule has 2 aromatic carbocycles. The van der Waals surface area contributed by atoms with Gasteiger partial charge in [0, 0.05) is 16.0 Å². The first kappa shape index (κ1) is 19.9. The Labute approximate surface area is 171 Å². The van der Waals surface area contributed by atoms with Gasteiger partial charge in [-0.25, -0.2) is 4.98 Å². The second-order valence-corrected chi connectivity index (χ2v) is 7.00. The summed E-state index contributed by atoms with van der Waals surface area (Å²) in [6, 6.07) is 14.2. The molecule has 0 fully saturated rings. The molecule has 144 valence electrons. The van der Waals surface area contributed by atoms with E-state index in [2.05, 4.69) is 15.6 Å². The van der Waals surface area contributed by atoms with Gasteiger partial charge >= 0.3 is 0 Å². The molecule has 0 aliphatic carbocycles. The van der Waals surface area contributed by atoms with E-state index >= 15 is 0 Å². The Hall–Kier alpha value is -2.90. The van der Waals surface area contributed by atoms with Crippen molar-refractivity contribution in [1.82, 2.24) is 10.3 Å². The number of hydrogen-bond acceptors (Lipinski definition) is 5. The molecule has 0 spiro atoms. The fourth-order valence-corrected chi connectivity index (χ4v) is 3.30. The van der Waals surface area contributed by atoms with Crippen molar-refractivity contribution in [3.05, 3.63) is 64.5 Å². The SMILES string of the molecule is CCOc1ccccc1C(=O)NCC(=O)Nc1nc(-c2ccc(Cl)cc2)cs1. The standard InChI is InChI=1S/C20H18ClN3O3S/c1-2-27-17-6-4-3-5-15(17)19(26)22-11-18(25)24-20-23-16(12-28-20)13-7-9-14(21)10-8-13/h3-10,12H,2,11H2,1H3,(H,22,26)(H,23,24,25). The topological polar surface area (TPSA) is 80.3 Å². The molecule has 0 aliphatic rings. The molecule has 0 saturated heterocycles. The highest BCUT2D eigenvalue weighted by atomic mass is 35.5. The first-order chi connectivity index (χ1) is 13.6. The summed E-state index contributed by atoms with van der Waals surface area (Å²) >= 11 is 7.20. The van der Waals surface area contributed by atoms with Crippen LogP contribution in [0.25, 0.3) is 11.3 Å². The largest absolute Gasteiger partial charge is 0.493 e. The van der Waals surface area contributed by atoms with Crippen LogP contribution in [0.4, 0.5) is 5.13 Å². The van der Waals surface area contributed by atoms with Gasteiger partial charge in [-0.15, -0.1) is 11.3 Å². The Bertz CT molecular complexity index is 973. The number of ether oxygens (including phenoxy) is 1. The molecule has 1 heterocycles. The summed E-state index contributed by atoms with van der Waals surface area (Å²) in [5.74, 6) is -0.255. The minimum atomic E-state index is -0.375. The fourth-order valence-electron chi connectivity index (χ4n) is 2.44. The quantitative estimate of drug-likeness (QED) is 0.605. The van der Waals surface area contributed by atoms with E-state index in [0.717, 1.165) is 11.3 Å². The first-order valence-corrected chi connectivity index (χ1v) is 9.84.